The van der Waals surface area contributed by atoms with E-state index in [0.29, 0.717) is 37.2 Å². The number of hydrogen-bond acceptors (Lipinski definition) is 7. The van der Waals surface area contributed by atoms with Crippen LogP contribution in [-0.2, 0) is 19.7 Å². The predicted octanol–water partition coefficient (Wildman–Crippen LogP) is 9.25. The molecule has 4 aromatic carbocycles. The molecule has 0 bridgehead atoms. The topological polar surface area (TPSA) is 145 Å². The molecule has 9 heteroatoms. The number of esters is 1. The zero-order valence-corrected chi connectivity index (χ0v) is 33.7. The maximum absolute atomic E-state index is 12.6. The van der Waals surface area contributed by atoms with Crippen LogP contribution in [-0.4, -0.2) is 44.1 Å². The second kappa shape index (κ2) is 19.1. The molecular formula is C42H52O8U. The van der Waals surface area contributed by atoms with Crippen LogP contribution in [0.15, 0.2) is 72.8 Å². The van der Waals surface area contributed by atoms with Crippen LogP contribution in [0.3, 0.4) is 0 Å². The predicted molar refractivity (Wildman–Crippen MR) is 197 cm³/mol. The Bertz CT molecular complexity index is 1700. The van der Waals surface area contributed by atoms with Gasteiger partial charge in [-0.2, -0.15) is 0 Å². The smallest absolute Gasteiger partial charge is 0.309 e. The van der Waals surface area contributed by atoms with E-state index in [-0.39, 0.29) is 56.6 Å². The molecule has 5 rings (SSSR count). The van der Waals surface area contributed by atoms with E-state index in [1.165, 1.54) is 0 Å². The molecule has 0 saturated heterocycles. The van der Waals surface area contributed by atoms with Crippen LogP contribution >= 0.6 is 0 Å². The number of phenols is 4. The monoisotopic (exact) mass is 922 g/mol. The molecule has 0 aromatic heterocycles. The molecule has 0 amide bonds. The summed E-state index contributed by atoms with van der Waals surface area (Å²) >= 11 is 0. The Morgan fingerprint density at radius 1 is 0.667 bits per heavy atom. The van der Waals surface area contributed by atoms with E-state index in [9.17, 15) is 35.1 Å². The molecule has 0 aliphatic heterocycles. The number of benzene rings is 4. The van der Waals surface area contributed by atoms with Crippen LogP contribution in [0.4, 0.5) is 0 Å². The van der Waals surface area contributed by atoms with Crippen LogP contribution in [0.2, 0.25) is 0 Å². The fraction of sp³-hybridized carbons (Fsp3) is 0.381. The summed E-state index contributed by atoms with van der Waals surface area (Å²) in [4.78, 5) is 24.1. The van der Waals surface area contributed by atoms with Crippen LogP contribution in [0.1, 0.15) is 86.3 Å². The van der Waals surface area contributed by atoms with Crippen LogP contribution < -0.4 is 0 Å². The number of carboxylic acids is 1. The van der Waals surface area contributed by atoms with E-state index < -0.39 is 29.2 Å². The first kappa shape index (κ1) is 43.2. The summed E-state index contributed by atoms with van der Waals surface area (Å²) < 4.78 is 5.53. The maximum atomic E-state index is 12.6. The van der Waals surface area contributed by atoms with E-state index in [1.54, 1.807) is 24.3 Å². The van der Waals surface area contributed by atoms with E-state index >= 15 is 0 Å². The van der Waals surface area contributed by atoms with Gasteiger partial charge in [-0.25, -0.2) is 0 Å². The third-order valence-electron chi connectivity index (χ3n) is 9.85. The second-order valence-corrected chi connectivity index (χ2v) is 13.4. The van der Waals surface area contributed by atoms with Crippen molar-refractivity contribution < 1.29 is 71.0 Å². The van der Waals surface area contributed by atoms with E-state index in [4.69, 9.17) is 4.74 Å². The van der Waals surface area contributed by atoms with Gasteiger partial charge >= 0.3 is 11.9 Å². The van der Waals surface area contributed by atoms with E-state index in [0.717, 1.165) is 57.3 Å². The Labute approximate surface area is 325 Å². The molecule has 5 N–H and O–H groups in total. The van der Waals surface area contributed by atoms with Gasteiger partial charge < -0.3 is 30.3 Å². The van der Waals surface area contributed by atoms with Gasteiger partial charge in [0.2, 0.25) is 0 Å². The molecule has 0 heterocycles. The standard InChI is InChI=1S/C27H34O6.C14H14O2.CH4.U/c1-17-15-19(9-11-23(17)28)27(3,20-10-12-24(29)18(2)16-20)13-6-14-33-26(32)22-8-5-4-7-21(22)25(30)31;1-9-7-11(3-5-13(9)15)12-4-6-14(16)10(2)8-12;;/h9-12,15-16,21-22,28-29H,4-8,13-14H2,1-3H3,(H,30,31);3-8,15-16H,1-2H3;1H4;. The summed E-state index contributed by atoms with van der Waals surface area (Å²) in [5, 5.41) is 48.3. The Hall–Kier alpha value is -3.93. The van der Waals surface area contributed by atoms with Crippen molar-refractivity contribution >= 4 is 11.9 Å². The number of carboxylic acid groups (broad SMARTS) is 1. The van der Waals surface area contributed by atoms with Gasteiger partial charge in [0.05, 0.1) is 18.4 Å². The zero-order chi connectivity index (χ0) is 35.9. The second-order valence-electron chi connectivity index (χ2n) is 13.4. The van der Waals surface area contributed by atoms with E-state index in [1.807, 2.05) is 76.2 Å². The van der Waals surface area contributed by atoms with Crippen LogP contribution in [0.25, 0.3) is 11.1 Å². The first-order valence-electron chi connectivity index (χ1n) is 16.8. The fourth-order valence-electron chi connectivity index (χ4n) is 6.54. The van der Waals surface area contributed by atoms with E-state index in [2.05, 4.69) is 6.92 Å². The summed E-state index contributed by atoms with van der Waals surface area (Å²) in [6, 6.07) is 22.1. The number of aromatic hydroxyl groups is 4. The number of hydrogen-bond donors (Lipinski definition) is 5. The number of aryl methyl sites for hydroxylation is 4. The van der Waals surface area contributed by atoms with Crippen molar-refractivity contribution in [1.29, 1.82) is 0 Å². The summed E-state index contributed by atoms with van der Waals surface area (Å²) in [7, 11) is 0. The zero-order valence-electron chi connectivity index (χ0n) is 29.5. The van der Waals surface area contributed by atoms with Crippen molar-refractivity contribution in [3.05, 3.63) is 106 Å². The largest absolute Gasteiger partial charge is 0.508 e. The molecule has 0 spiro atoms. The minimum Gasteiger partial charge on any atom is -0.508 e. The average Bonchev–Trinajstić information content (AvgIpc) is 3.08. The number of ether oxygens (including phenoxy) is 1. The third-order valence-corrected chi connectivity index (χ3v) is 9.85. The normalized spacial score (nSPS) is 15.3. The van der Waals surface area contributed by atoms with Gasteiger partial charge in [-0.05, 0) is 134 Å². The summed E-state index contributed by atoms with van der Waals surface area (Å²) in [6.07, 6.45) is 4.02. The Morgan fingerprint density at radius 2 is 1.06 bits per heavy atom. The van der Waals surface area contributed by atoms with Gasteiger partial charge in [0.15, 0.2) is 0 Å². The first-order valence-corrected chi connectivity index (χ1v) is 16.8. The number of carbonyl (C=O) groups excluding carboxylic acids is 1. The Kier molecular flexibility index (Phi) is 16.2. The number of rotatable bonds is 9. The van der Waals surface area contributed by atoms with Crippen LogP contribution in [0.5, 0.6) is 23.0 Å². The van der Waals surface area contributed by atoms with Gasteiger partial charge in [0.1, 0.15) is 23.0 Å². The van der Waals surface area contributed by atoms with Gasteiger partial charge in [-0.3, -0.25) is 9.59 Å². The summed E-state index contributed by atoms with van der Waals surface area (Å²) in [5.74, 6) is -1.48. The minimum absolute atomic E-state index is 0. The molecule has 1 saturated carbocycles. The molecule has 4 aromatic rings. The number of carbonyl (C=O) groups is 2. The van der Waals surface area contributed by atoms with Crippen molar-refractivity contribution in [2.24, 2.45) is 11.8 Å². The molecular weight excluding hydrogens is 870 g/mol. The molecule has 2 atom stereocenters. The summed E-state index contributed by atoms with van der Waals surface area (Å²) in [6.45, 7) is 9.76. The van der Waals surface area contributed by atoms with Crippen LogP contribution in [0, 0.1) is 70.6 Å². The molecule has 1 fully saturated rings. The number of phenolic OH excluding ortho intramolecular Hbond substituents is 4. The SMILES string of the molecule is C.Cc1cc(-c2ccc(O)c(C)c2)ccc1O.Cc1cc(C(C)(CCCOC(=O)C2CCCCC2C(=O)O)c2ccc(O)c(C)c2)ccc1O.[U]. The molecule has 272 valence electrons. The molecule has 1 aliphatic rings. The quantitative estimate of drug-likeness (QED) is 0.0826. The van der Waals surface area contributed by atoms with Crippen molar-refractivity contribution in [2.45, 2.75) is 86.0 Å². The van der Waals surface area contributed by atoms with Gasteiger partial charge in [-0.1, -0.05) is 63.6 Å². The van der Waals surface area contributed by atoms with Crippen molar-refractivity contribution in [3.63, 3.8) is 0 Å². The van der Waals surface area contributed by atoms with Gasteiger partial charge in [-0.15, -0.1) is 0 Å². The average molecular weight is 923 g/mol. The molecule has 1 aliphatic carbocycles. The number of aliphatic carboxylic acids is 1. The molecule has 2 unspecified atom stereocenters. The van der Waals surface area contributed by atoms with Crippen molar-refractivity contribution in [3.8, 4) is 34.1 Å². The van der Waals surface area contributed by atoms with Gasteiger partial charge in [0.25, 0.3) is 0 Å². The van der Waals surface area contributed by atoms with Crippen molar-refractivity contribution in [1.82, 2.24) is 0 Å². The van der Waals surface area contributed by atoms with Crippen molar-refractivity contribution in [2.75, 3.05) is 6.61 Å². The summed E-state index contributed by atoms with van der Waals surface area (Å²) in [5.41, 5.74) is 6.94. The maximum Gasteiger partial charge on any atom is 0.309 e. The third kappa shape index (κ3) is 10.8. The molecule has 0 radical (unpaired) electrons. The molecule has 8 nitrogen and oxygen atoms in total. The minimum atomic E-state index is -0.922. The molecule has 51 heavy (non-hydrogen) atoms. The van der Waals surface area contributed by atoms with Gasteiger partial charge in [0, 0.05) is 36.5 Å². The fourth-order valence-corrected chi connectivity index (χ4v) is 6.54. The Balaban J connectivity index is 0.000000421. The Morgan fingerprint density at radius 3 is 1.45 bits per heavy atom. The first-order chi connectivity index (χ1) is 23.2.